The van der Waals surface area contributed by atoms with E-state index < -0.39 is 0 Å². The number of aryl methyl sites for hydroxylation is 3. The monoisotopic (exact) mass is 362 g/mol. The number of amides is 1. The summed E-state index contributed by atoms with van der Waals surface area (Å²) in [4.78, 5) is 12.1. The van der Waals surface area contributed by atoms with E-state index >= 15 is 0 Å². The number of carbonyl (C=O) groups is 1. The zero-order valence-electron chi connectivity index (χ0n) is 12.9. The number of nitrogens with one attached hydrogen (secondary N) is 1. The van der Waals surface area contributed by atoms with Gasteiger partial charge >= 0.3 is 0 Å². The van der Waals surface area contributed by atoms with Gasteiger partial charge in [-0.05, 0) is 77.7 Å². The Kier molecular flexibility index (Phi) is 5.08. The highest BCUT2D eigenvalue weighted by Crippen LogP contribution is 2.29. The fraction of sp³-hybridized carbons (Fsp3) is 0.235. The molecule has 2 rings (SSSR count). The van der Waals surface area contributed by atoms with Crippen LogP contribution in [0.1, 0.15) is 16.7 Å². The summed E-state index contributed by atoms with van der Waals surface area (Å²) in [6.45, 7) is 5.84. The third-order valence-electron chi connectivity index (χ3n) is 3.14. The van der Waals surface area contributed by atoms with Gasteiger partial charge in [0.2, 0.25) is 0 Å². The van der Waals surface area contributed by atoms with Gasteiger partial charge in [0.1, 0.15) is 5.75 Å². The number of benzene rings is 2. The van der Waals surface area contributed by atoms with Crippen molar-refractivity contribution >= 4 is 33.2 Å². The molecule has 0 spiro atoms. The summed E-state index contributed by atoms with van der Waals surface area (Å²) in [7, 11) is 0. The molecule has 0 heterocycles. The zero-order chi connectivity index (χ0) is 16.3. The van der Waals surface area contributed by atoms with Crippen molar-refractivity contribution in [1.82, 2.24) is 0 Å². The van der Waals surface area contributed by atoms with Crippen LogP contribution >= 0.6 is 15.9 Å². The highest BCUT2D eigenvalue weighted by Gasteiger charge is 2.10. The Hall–Kier alpha value is -2.01. The van der Waals surface area contributed by atoms with Crippen LogP contribution in [-0.4, -0.2) is 12.5 Å². The molecule has 5 heteroatoms. The molecular formula is C17H19BrN2O2. The fourth-order valence-electron chi connectivity index (χ4n) is 2.27. The number of halogens is 1. The molecule has 1 amide bonds. The Bertz CT molecular complexity index is 671. The van der Waals surface area contributed by atoms with Crippen LogP contribution in [0.25, 0.3) is 0 Å². The standard InChI is InChI=1S/C17H19BrN2O2/c1-10-4-11(2)6-14(5-10)22-9-16(21)20-17-12(3)7-13(19)8-15(17)18/h4-8H,9,19H2,1-3H3,(H,20,21). The van der Waals surface area contributed by atoms with Gasteiger partial charge in [-0.25, -0.2) is 0 Å². The quantitative estimate of drug-likeness (QED) is 0.808. The molecule has 0 fully saturated rings. The first kappa shape index (κ1) is 16.4. The first-order valence-electron chi connectivity index (χ1n) is 6.91. The first-order chi connectivity index (χ1) is 10.3. The minimum atomic E-state index is -0.215. The van der Waals surface area contributed by atoms with Crippen LogP contribution in [0.5, 0.6) is 5.75 Å². The number of hydrogen-bond acceptors (Lipinski definition) is 3. The van der Waals surface area contributed by atoms with Gasteiger partial charge in [0, 0.05) is 10.2 Å². The Morgan fingerprint density at radius 2 is 1.77 bits per heavy atom. The number of rotatable bonds is 4. The van der Waals surface area contributed by atoms with E-state index in [4.69, 9.17) is 10.5 Å². The van der Waals surface area contributed by atoms with Crippen molar-refractivity contribution in [3.05, 3.63) is 51.5 Å². The zero-order valence-corrected chi connectivity index (χ0v) is 14.5. The number of ether oxygens (including phenoxy) is 1. The van der Waals surface area contributed by atoms with Crippen molar-refractivity contribution in [3.8, 4) is 5.75 Å². The number of carbonyl (C=O) groups excluding carboxylic acids is 1. The van der Waals surface area contributed by atoms with Gasteiger partial charge in [0.05, 0.1) is 5.69 Å². The predicted octanol–water partition coefficient (Wildman–Crippen LogP) is 3.97. The van der Waals surface area contributed by atoms with E-state index in [1.165, 1.54) is 0 Å². The maximum Gasteiger partial charge on any atom is 0.262 e. The fourth-order valence-corrected chi connectivity index (χ4v) is 2.95. The van der Waals surface area contributed by atoms with E-state index in [-0.39, 0.29) is 12.5 Å². The molecule has 0 aliphatic heterocycles. The lowest BCUT2D eigenvalue weighted by Gasteiger charge is -2.12. The van der Waals surface area contributed by atoms with Gasteiger partial charge in [0.15, 0.2) is 6.61 Å². The van der Waals surface area contributed by atoms with E-state index in [9.17, 15) is 4.79 Å². The maximum atomic E-state index is 12.1. The second kappa shape index (κ2) is 6.83. The molecular weight excluding hydrogens is 344 g/mol. The molecule has 0 aromatic heterocycles. The van der Waals surface area contributed by atoms with Crippen LogP contribution in [0.4, 0.5) is 11.4 Å². The smallest absolute Gasteiger partial charge is 0.262 e. The SMILES string of the molecule is Cc1cc(C)cc(OCC(=O)Nc2c(C)cc(N)cc2Br)c1. The Morgan fingerprint density at radius 3 is 2.36 bits per heavy atom. The second-order valence-electron chi connectivity index (χ2n) is 5.35. The van der Waals surface area contributed by atoms with E-state index in [1.807, 2.05) is 39.0 Å². The number of nitrogens with two attached hydrogens (primary N) is 1. The van der Waals surface area contributed by atoms with Crippen molar-refractivity contribution in [3.63, 3.8) is 0 Å². The molecule has 0 radical (unpaired) electrons. The molecule has 3 N–H and O–H groups in total. The van der Waals surface area contributed by atoms with Gasteiger partial charge < -0.3 is 15.8 Å². The average Bonchev–Trinajstić information content (AvgIpc) is 2.39. The summed E-state index contributed by atoms with van der Waals surface area (Å²) >= 11 is 3.41. The molecule has 22 heavy (non-hydrogen) atoms. The maximum absolute atomic E-state index is 12.1. The van der Waals surface area contributed by atoms with Crippen LogP contribution in [0.3, 0.4) is 0 Å². The van der Waals surface area contributed by atoms with Gasteiger partial charge in [-0.3, -0.25) is 4.79 Å². The van der Waals surface area contributed by atoms with Crippen molar-refractivity contribution < 1.29 is 9.53 Å². The van der Waals surface area contributed by atoms with Crippen molar-refractivity contribution in [2.75, 3.05) is 17.7 Å². The molecule has 0 aliphatic rings. The molecule has 0 saturated heterocycles. The lowest BCUT2D eigenvalue weighted by molar-refractivity contribution is -0.118. The average molecular weight is 363 g/mol. The second-order valence-corrected chi connectivity index (χ2v) is 6.21. The molecule has 2 aromatic carbocycles. The van der Waals surface area contributed by atoms with Gasteiger partial charge in [-0.1, -0.05) is 6.07 Å². The van der Waals surface area contributed by atoms with Gasteiger partial charge in [0.25, 0.3) is 5.91 Å². The largest absolute Gasteiger partial charge is 0.484 e. The van der Waals surface area contributed by atoms with Crippen LogP contribution in [0.2, 0.25) is 0 Å². The number of nitrogen functional groups attached to an aromatic ring is 1. The van der Waals surface area contributed by atoms with Gasteiger partial charge in [-0.15, -0.1) is 0 Å². The van der Waals surface area contributed by atoms with Crippen molar-refractivity contribution in [1.29, 1.82) is 0 Å². The molecule has 0 bridgehead atoms. The Morgan fingerprint density at radius 1 is 1.14 bits per heavy atom. The third kappa shape index (κ3) is 4.24. The van der Waals surface area contributed by atoms with Crippen molar-refractivity contribution in [2.24, 2.45) is 0 Å². The highest BCUT2D eigenvalue weighted by atomic mass is 79.9. The van der Waals surface area contributed by atoms with Crippen LogP contribution in [0, 0.1) is 20.8 Å². The summed E-state index contributed by atoms with van der Waals surface area (Å²) < 4.78 is 6.31. The Balaban J connectivity index is 2.02. The van der Waals surface area contributed by atoms with E-state index in [2.05, 4.69) is 27.3 Å². The summed E-state index contributed by atoms with van der Waals surface area (Å²) in [6, 6.07) is 9.44. The molecule has 4 nitrogen and oxygen atoms in total. The Labute approximate surface area is 138 Å². The highest BCUT2D eigenvalue weighted by molar-refractivity contribution is 9.10. The van der Waals surface area contributed by atoms with E-state index in [1.54, 1.807) is 6.07 Å². The molecule has 0 aliphatic carbocycles. The van der Waals surface area contributed by atoms with Crippen LogP contribution in [-0.2, 0) is 4.79 Å². The lowest BCUT2D eigenvalue weighted by atomic mass is 10.1. The summed E-state index contributed by atoms with van der Waals surface area (Å²) in [6.07, 6.45) is 0. The predicted molar refractivity (Wildman–Crippen MR) is 93.3 cm³/mol. The molecule has 0 saturated carbocycles. The first-order valence-corrected chi connectivity index (χ1v) is 7.71. The third-order valence-corrected chi connectivity index (χ3v) is 3.76. The summed E-state index contributed by atoms with van der Waals surface area (Å²) in [5, 5.41) is 2.84. The minimum absolute atomic E-state index is 0.0425. The van der Waals surface area contributed by atoms with E-state index in [0.717, 1.165) is 21.2 Å². The molecule has 2 aromatic rings. The number of anilines is 2. The minimum Gasteiger partial charge on any atom is -0.484 e. The normalized spacial score (nSPS) is 10.4. The van der Waals surface area contributed by atoms with Gasteiger partial charge in [-0.2, -0.15) is 0 Å². The topological polar surface area (TPSA) is 64.3 Å². The summed E-state index contributed by atoms with van der Waals surface area (Å²) in [5.74, 6) is 0.480. The molecule has 0 atom stereocenters. The van der Waals surface area contributed by atoms with E-state index in [0.29, 0.717) is 17.1 Å². The molecule has 0 unspecified atom stereocenters. The van der Waals surface area contributed by atoms with Crippen molar-refractivity contribution in [2.45, 2.75) is 20.8 Å². The lowest BCUT2D eigenvalue weighted by Crippen LogP contribution is -2.21. The molecule has 116 valence electrons. The number of hydrogen-bond donors (Lipinski definition) is 2. The van der Waals surface area contributed by atoms with Crippen LogP contribution < -0.4 is 15.8 Å². The summed E-state index contributed by atoms with van der Waals surface area (Å²) in [5.41, 5.74) is 10.2. The van der Waals surface area contributed by atoms with Crippen LogP contribution in [0.15, 0.2) is 34.8 Å².